The van der Waals surface area contributed by atoms with E-state index in [4.69, 9.17) is 4.74 Å². The van der Waals surface area contributed by atoms with Crippen molar-refractivity contribution in [3.8, 4) is 5.75 Å². The molecule has 1 heterocycles. The van der Waals surface area contributed by atoms with Crippen molar-refractivity contribution in [2.75, 3.05) is 7.11 Å². The first-order chi connectivity index (χ1) is 9.11. The highest BCUT2D eigenvalue weighted by molar-refractivity contribution is 7.07. The fourth-order valence-corrected chi connectivity index (χ4v) is 2.25. The largest absolute Gasteiger partial charge is 0.496 e. The predicted octanol–water partition coefficient (Wildman–Crippen LogP) is 2.78. The van der Waals surface area contributed by atoms with Crippen molar-refractivity contribution in [3.05, 3.63) is 46.2 Å². The van der Waals surface area contributed by atoms with E-state index in [0.29, 0.717) is 17.0 Å². The van der Waals surface area contributed by atoms with Gasteiger partial charge in [0.15, 0.2) is 0 Å². The molecule has 4 nitrogen and oxygen atoms in total. The molecule has 1 aromatic heterocycles. The summed E-state index contributed by atoms with van der Waals surface area (Å²) in [5.41, 5.74) is 2.53. The number of rotatable bonds is 4. The second-order valence-corrected chi connectivity index (χ2v) is 4.67. The first-order valence-electron chi connectivity index (χ1n) is 5.64. The van der Waals surface area contributed by atoms with E-state index in [0.717, 1.165) is 0 Å². The minimum absolute atomic E-state index is 0.292. The normalized spacial score (nSPS) is 11.9. The number of amides is 1. The van der Waals surface area contributed by atoms with Gasteiger partial charge in [0.25, 0.3) is 5.91 Å². The molecule has 1 N–H and O–H groups in total. The number of thiazole rings is 1. The highest BCUT2D eigenvalue weighted by Gasteiger charge is 2.16. The lowest BCUT2D eigenvalue weighted by atomic mass is 10.1. The van der Waals surface area contributed by atoms with Gasteiger partial charge in [-0.3, -0.25) is 4.79 Å². The Bertz CT molecular complexity index is 572. The maximum absolute atomic E-state index is 13.3. The molecule has 0 radical (unpaired) electrons. The third-order valence-corrected chi connectivity index (χ3v) is 3.26. The quantitative estimate of drug-likeness (QED) is 0.937. The van der Waals surface area contributed by atoms with Crippen LogP contribution in [0.5, 0.6) is 5.75 Å². The molecule has 19 heavy (non-hydrogen) atoms. The number of carbonyl (C=O) groups excluding carboxylic acids is 1. The summed E-state index contributed by atoms with van der Waals surface area (Å²) in [5.74, 6) is -0.127. The van der Waals surface area contributed by atoms with Crippen LogP contribution in [0.25, 0.3) is 0 Å². The first-order valence-corrected chi connectivity index (χ1v) is 6.58. The van der Waals surface area contributed by atoms with Gasteiger partial charge < -0.3 is 10.1 Å². The number of hydrogen-bond donors (Lipinski definition) is 1. The average Bonchev–Trinajstić information content (AvgIpc) is 2.92. The Hall–Kier alpha value is -1.95. The molecule has 0 aliphatic rings. The summed E-state index contributed by atoms with van der Waals surface area (Å²) in [6, 6.07) is 3.83. The van der Waals surface area contributed by atoms with Crippen molar-refractivity contribution in [1.29, 1.82) is 0 Å². The summed E-state index contributed by atoms with van der Waals surface area (Å²) in [7, 11) is 1.51. The zero-order valence-corrected chi connectivity index (χ0v) is 11.3. The van der Waals surface area contributed by atoms with E-state index in [-0.39, 0.29) is 17.8 Å². The van der Waals surface area contributed by atoms with Gasteiger partial charge in [-0.25, -0.2) is 9.37 Å². The van der Waals surface area contributed by atoms with E-state index in [1.54, 1.807) is 17.8 Å². The molecule has 0 saturated carbocycles. The Kier molecular flexibility index (Phi) is 4.11. The van der Waals surface area contributed by atoms with Gasteiger partial charge in [-0.05, 0) is 25.1 Å². The molecule has 1 unspecified atom stereocenters. The zero-order chi connectivity index (χ0) is 13.8. The SMILES string of the molecule is COc1ccc(F)cc1C(C)NC(=O)c1cscn1. The van der Waals surface area contributed by atoms with Crippen LogP contribution < -0.4 is 10.1 Å². The van der Waals surface area contributed by atoms with Gasteiger partial charge in [-0.2, -0.15) is 0 Å². The van der Waals surface area contributed by atoms with Crippen LogP contribution in [0, 0.1) is 5.82 Å². The summed E-state index contributed by atoms with van der Waals surface area (Å²) in [4.78, 5) is 15.8. The standard InChI is InChI=1S/C13H13FN2O2S/c1-8(16-13(17)11-6-19-7-15-11)10-5-9(14)3-4-12(10)18-2/h3-8H,1-2H3,(H,16,17). The van der Waals surface area contributed by atoms with Crippen LogP contribution in [0.4, 0.5) is 4.39 Å². The van der Waals surface area contributed by atoms with Gasteiger partial charge in [-0.1, -0.05) is 0 Å². The van der Waals surface area contributed by atoms with Crippen LogP contribution in [-0.4, -0.2) is 18.0 Å². The molecule has 0 aliphatic heterocycles. The van der Waals surface area contributed by atoms with E-state index in [1.807, 2.05) is 0 Å². The monoisotopic (exact) mass is 280 g/mol. The lowest BCUT2D eigenvalue weighted by molar-refractivity contribution is 0.0935. The van der Waals surface area contributed by atoms with Crippen molar-refractivity contribution in [2.45, 2.75) is 13.0 Å². The number of nitrogens with one attached hydrogen (secondary N) is 1. The summed E-state index contributed by atoms with van der Waals surface area (Å²) in [5, 5.41) is 4.42. The molecule has 2 rings (SSSR count). The van der Waals surface area contributed by atoms with E-state index < -0.39 is 0 Å². The molecule has 0 saturated heterocycles. The molecule has 0 fully saturated rings. The number of halogens is 1. The highest BCUT2D eigenvalue weighted by Crippen LogP contribution is 2.25. The van der Waals surface area contributed by atoms with Gasteiger partial charge in [-0.15, -0.1) is 11.3 Å². The number of nitrogens with zero attached hydrogens (tertiary/aromatic N) is 1. The lowest BCUT2D eigenvalue weighted by Gasteiger charge is -2.16. The van der Waals surface area contributed by atoms with E-state index in [2.05, 4.69) is 10.3 Å². The number of aromatic nitrogens is 1. The fourth-order valence-electron chi connectivity index (χ4n) is 1.72. The van der Waals surface area contributed by atoms with E-state index >= 15 is 0 Å². The number of carbonyl (C=O) groups is 1. The molecule has 2 aromatic rings. The first kappa shape index (κ1) is 13.5. The third-order valence-electron chi connectivity index (χ3n) is 2.67. The molecule has 1 amide bonds. The second-order valence-electron chi connectivity index (χ2n) is 3.96. The summed E-state index contributed by atoms with van der Waals surface area (Å²) in [6.07, 6.45) is 0. The molecular weight excluding hydrogens is 267 g/mol. The Morgan fingerprint density at radius 1 is 1.53 bits per heavy atom. The van der Waals surface area contributed by atoms with Crippen molar-refractivity contribution in [1.82, 2.24) is 10.3 Å². The minimum atomic E-state index is -0.375. The fraction of sp³-hybridized carbons (Fsp3) is 0.231. The predicted molar refractivity (Wildman–Crippen MR) is 70.9 cm³/mol. The van der Waals surface area contributed by atoms with Crippen molar-refractivity contribution in [2.24, 2.45) is 0 Å². The van der Waals surface area contributed by atoms with Crippen molar-refractivity contribution < 1.29 is 13.9 Å². The smallest absolute Gasteiger partial charge is 0.271 e. The van der Waals surface area contributed by atoms with Crippen LogP contribution in [0.3, 0.4) is 0 Å². The van der Waals surface area contributed by atoms with Crippen LogP contribution in [0.1, 0.15) is 29.0 Å². The Morgan fingerprint density at radius 2 is 2.32 bits per heavy atom. The molecule has 100 valence electrons. The van der Waals surface area contributed by atoms with Crippen LogP contribution in [0.15, 0.2) is 29.1 Å². The number of benzene rings is 1. The topological polar surface area (TPSA) is 51.2 Å². The average molecular weight is 280 g/mol. The Morgan fingerprint density at radius 3 is 2.95 bits per heavy atom. The van der Waals surface area contributed by atoms with Crippen LogP contribution >= 0.6 is 11.3 Å². The third kappa shape index (κ3) is 3.08. The minimum Gasteiger partial charge on any atom is -0.496 e. The summed E-state index contributed by atoms with van der Waals surface area (Å²) < 4.78 is 18.4. The molecule has 1 aromatic carbocycles. The maximum Gasteiger partial charge on any atom is 0.271 e. The number of ether oxygens (including phenoxy) is 1. The molecule has 1 atom stereocenters. The van der Waals surface area contributed by atoms with Crippen molar-refractivity contribution >= 4 is 17.2 Å². The molecule has 0 spiro atoms. The maximum atomic E-state index is 13.3. The highest BCUT2D eigenvalue weighted by atomic mass is 32.1. The van der Waals surface area contributed by atoms with E-state index in [9.17, 15) is 9.18 Å². The summed E-state index contributed by atoms with van der Waals surface area (Å²) >= 11 is 1.34. The summed E-state index contributed by atoms with van der Waals surface area (Å²) in [6.45, 7) is 1.77. The molecular formula is C13H13FN2O2S. The van der Waals surface area contributed by atoms with Gasteiger partial charge in [0.05, 0.1) is 18.7 Å². The van der Waals surface area contributed by atoms with Crippen LogP contribution in [0.2, 0.25) is 0 Å². The second kappa shape index (κ2) is 5.79. The van der Waals surface area contributed by atoms with Gasteiger partial charge in [0.1, 0.15) is 17.3 Å². The Labute approximate surface area is 114 Å². The number of methoxy groups -OCH3 is 1. The van der Waals surface area contributed by atoms with Gasteiger partial charge in [0, 0.05) is 10.9 Å². The van der Waals surface area contributed by atoms with Gasteiger partial charge in [0.2, 0.25) is 0 Å². The lowest BCUT2D eigenvalue weighted by Crippen LogP contribution is -2.27. The Balaban J connectivity index is 2.18. The van der Waals surface area contributed by atoms with E-state index in [1.165, 1.54) is 36.6 Å². The zero-order valence-electron chi connectivity index (χ0n) is 10.5. The van der Waals surface area contributed by atoms with Gasteiger partial charge >= 0.3 is 0 Å². The molecule has 0 aliphatic carbocycles. The van der Waals surface area contributed by atoms with Crippen LogP contribution in [-0.2, 0) is 0 Å². The molecule has 0 bridgehead atoms. The number of hydrogen-bond acceptors (Lipinski definition) is 4. The van der Waals surface area contributed by atoms with Crippen molar-refractivity contribution in [3.63, 3.8) is 0 Å². The molecule has 6 heteroatoms.